The SMILES string of the molecule is CN1CCN(c2ccc(C(N)=O)cc2NC=C(C#N)C#N)CC1. The fourth-order valence-corrected chi connectivity index (χ4v) is 2.37. The molecular weight excluding hydrogens is 292 g/mol. The molecule has 0 bridgehead atoms. The van der Waals surface area contributed by atoms with E-state index in [4.69, 9.17) is 16.3 Å². The van der Waals surface area contributed by atoms with Crippen LogP contribution in [0.5, 0.6) is 0 Å². The lowest BCUT2D eigenvalue weighted by atomic mass is 10.1. The van der Waals surface area contributed by atoms with E-state index in [2.05, 4.69) is 22.2 Å². The minimum absolute atomic E-state index is 0.0428. The van der Waals surface area contributed by atoms with E-state index in [0.29, 0.717) is 11.3 Å². The molecule has 7 heteroatoms. The average molecular weight is 310 g/mol. The summed E-state index contributed by atoms with van der Waals surface area (Å²) in [4.78, 5) is 15.8. The maximum atomic E-state index is 11.4. The van der Waals surface area contributed by atoms with Crippen LogP contribution >= 0.6 is 0 Å². The van der Waals surface area contributed by atoms with Gasteiger partial charge < -0.3 is 20.9 Å². The van der Waals surface area contributed by atoms with E-state index in [1.165, 1.54) is 6.20 Å². The largest absolute Gasteiger partial charge is 0.367 e. The second kappa shape index (κ2) is 7.30. The molecule has 0 aromatic heterocycles. The number of primary amides is 1. The lowest BCUT2D eigenvalue weighted by molar-refractivity contribution is 0.100. The van der Waals surface area contributed by atoms with E-state index < -0.39 is 5.91 Å². The Bertz CT molecular complexity index is 688. The first kappa shape index (κ1) is 16.3. The standard InChI is InChI=1S/C16H18N6O/c1-21-4-6-22(7-5-21)15-3-2-13(16(19)23)8-14(15)20-11-12(9-17)10-18/h2-3,8,11,20H,4-7H2,1H3,(H2,19,23). The molecule has 1 aliphatic rings. The van der Waals surface area contributed by atoms with Crippen LogP contribution in [0.25, 0.3) is 0 Å². The summed E-state index contributed by atoms with van der Waals surface area (Å²) in [5, 5.41) is 20.6. The number of likely N-dealkylation sites (N-methyl/N-ethyl adjacent to an activating group) is 1. The van der Waals surface area contributed by atoms with E-state index in [1.807, 2.05) is 6.07 Å². The van der Waals surface area contributed by atoms with Gasteiger partial charge in [0, 0.05) is 37.9 Å². The highest BCUT2D eigenvalue weighted by atomic mass is 16.1. The molecule has 1 saturated heterocycles. The molecule has 0 radical (unpaired) electrons. The Morgan fingerprint density at radius 2 is 1.91 bits per heavy atom. The monoisotopic (exact) mass is 310 g/mol. The van der Waals surface area contributed by atoms with Crippen molar-refractivity contribution in [1.82, 2.24) is 4.90 Å². The van der Waals surface area contributed by atoms with Crippen molar-refractivity contribution in [2.24, 2.45) is 5.73 Å². The molecule has 0 unspecified atom stereocenters. The molecule has 1 heterocycles. The summed E-state index contributed by atoms with van der Waals surface area (Å²) in [6.45, 7) is 3.59. The summed E-state index contributed by atoms with van der Waals surface area (Å²) in [6, 6.07) is 8.73. The number of nitriles is 2. The van der Waals surface area contributed by atoms with Gasteiger partial charge in [0.2, 0.25) is 5.91 Å². The topological polar surface area (TPSA) is 109 Å². The molecule has 1 aliphatic heterocycles. The van der Waals surface area contributed by atoms with E-state index in [1.54, 1.807) is 24.3 Å². The van der Waals surface area contributed by atoms with Crippen LogP contribution in [0.4, 0.5) is 11.4 Å². The number of nitrogens with two attached hydrogens (primary N) is 1. The predicted octanol–water partition coefficient (Wildman–Crippen LogP) is 0.880. The van der Waals surface area contributed by atoms with Gasteiger partial charge in [0.1, 0.15) is 17.7 Å². The number of anilines is 2. The normalized spacial score (nSPS) is 14.5. The third kappa shape index (κ3) is 4.00. The van der Waals surface area contributed by atoms with Crippen molar-refractivity contribution >= 4 is 17.3 Å². The van der Waals surface area contributed by atoms with Gasteiger partial charge in [-0.1, -0.05) is 0 Å². The zero-order valence-corrected chi connectivity index (χ0v) is 12.9. The Morgan fingerprint density at radius 1 is 1.26 bits per heavy atom. The molecule has 3 N–H and O–H groups in total. The van der Waals surface area contributed by atoms with Crippen molar-refractivity contribution in [1.29, 1.82) is 10.5 Å². The van der Waals surface area contributed by atoms with Crippen LogP contribution in [0.1, 0.15) is 10.4 Å². The fourth-order valence-electron chi connectivity index (χ4n) is 2.37. The summed E-state index contributed by atoms with van der Waals surface area (Å²) in [5.41, 5.74) is 7.22. The average Bonchev–Trinajstić information content (AvgIpc) is 2.56. The Kier molecular flexibility index (Phi) is 5.19. The van der Waals surface area contributed by atoms with E-state index in [0.717, 1.165) is 31.9 Å². The third-order valence-corrected chi connectivity index (χ3v) is 3.74. The second-order valence-electron chi connectivity index (χ2n) is 5.31. The molecule has 23 heavy (non-hydrogen) atoms. The van der Waals surface area contributed by atoms with Crippen molar-refractivity contribution in [3.63, 3.8) is 0 Å². The summed E-state index contributed by atoms with van der Waals surface area (Å²) in [7, 11) is 2.07. The summed E-state index contributed by atoms with van der Waals surface area (Å²) >= 11 is 0. The molecule has 1 aromatic carbocycles. The number of allylic oxidation sites excluding steroid dienone is 1. The number of nitrogens with one attached hydrogen (secondary N) is 1. The van der Waals surface area contributed by atoms with Gasteiger partial charge in [0.05, 0.1) is 11.4 Å². The first-order chi connectivity index (χ1) is 11.0. The van der Waals surface area contributed by atoms with Crippen molar-refractivity contribution in [2.45, 2.75) is 0 Å². The molecule has 1 fully saturated rings. The molecule has 7 nitrogen and oxygen atoms in total. The lowest BCUT2D eigenvalue weighted by Crippen LogP contribution is -2.44. The maximum absolute atomic E-state index is 11.4. The van der Waals surface area contributed by atoms with Gasteiger partial charge in [0.25, 0.3) is 0 Å². The van der Waals surface area contributed by atoms with E-state index >= 15 is 0 Å². The number of amides is 1. The quantitative estimate of drug-likeness (QED) is 0.799. The van der Waals surface area contributed by atoms with Gasteiger partial charge in [-0.15, -0.1) is 0 Å². The molecular formula is C16H18N6O. The number of hydrogen-bond donors (Lipinski definition) is 2. The minimum Gasteiger partial charge on any atom is -0.367 e. The molecule has 0 atom stereocenters. The first-order valence-corrected chi connectivity index (χ1v) is 7.19. The number of carbonyl (C=O) groups excluding carboxylic acids is 1. The Labute approximate surface area is 135 Å². The fraction of sp³-hybridized carbons (Fsp3) is 0.312. The zero-order valence-electron chi connectivity index (χ0n) is 12.9. The number of rotatable bonds is 4. The van der Waals surface area contributed by atoms with E-state index in [-0.39, 0.29) is 5.57 Å². The molecule has 118 valence electrons. The van der Waals surface area contributed by atoms with Crippen LogP contribution in [-0.4, -0.2) is 44.0 Å². The zero-order chi connectivity index (χ0) is 16.8. The summed E-state index contributed by atoms with van der Waals surface area (Å²) in [5.74, 6) is -0.525. The molecule has 1 aromatic rings. The van der Waals surface area contributed by atoms with Crippen molar-refractivity contribution < 1.29 is 4.79 Å². The Balaban J connectivity index is 2.34. The summed E-state index contributed by atoms with van der Waals surface area (Å²) in [6.07, 6.45) is 1.33. The molecule has 0 aliphatic carbocycles. The lowest BCUT2D eigenvalue weighted by Gasteiger charge is -2.35. The maximum Gasteiger partial charge on any atom is 0.248 e. The molecule has 2 rings (SSSR count). The first-order valence-electron chi connectivity index (χ1n) is 7.19. The van der Waals surface area contributed by atoms with Crippen molar-refractivity contribution in [3.8, 4) is 12.1 Å². The van der Waals surface area contributed by atoms with Gasteiger partial charge in [-0.05, 0) is 25.2 Å². The van der Waals surface area contributed by atoms with Crippen LogP contribution in [0.15, 0.2) is 30.0 Å². The minimum atomic E-state index is -0.525. The number of nitrogens with zero attached hydrogens (tertiary/aromatic N) is 4. The van der Waals surface area contributed by atoms with E-state index in [9.17, 15) is 4.79 Å². The highest BCUT2D eigenvalue weighted by Gasteiger charge is 2.18. The van der Waals surface area contributed by atoms with Crippen LogP contribution < -0.4 is 16.0 Å². The Hall–Kier alpha value is -3.03. The predicted molar refractivity (Wildman–Crippen MR) is 87.6 cm³/mol. The van der Waals surface area contributed by atoms with Crippen LogP contribution in [0.2, 0.25) is 0 Å². The highest BCUT2D eigenvalue weighted by Crippen LogP contribution is 2.28. The van der Waals surface area contributed by atoms with Gasteiger partial charge in [-0.2, -0.15) is 10.5 Å². The second-order valence-corrected chi connectivity index (χ2v) is 5.31. The van der Waals surface area contributed by atoms with Crippen molar-refractivity contribution in [2.75, 3.05) is 43.4 Å². The molecule has 0 spiro atoms. The van der Waals surface area contributed by atoms with Crippen LogP contribution in [0.3, 0.4) is 0 Å². The van der Waals surface area contributed by atoms with Crippen LogP contribution in [0, 0.1) is 22.7 Å². The van der Waals surface area contributed by atoms with Crippen LogP contribution in [-0.2, 0) is 0 Å². The smallest absolute Gasteiger partial charge is 0.248 e. The number of hydrogen-bond acceptors (Lipinski definition) is 6. The van der Waals surface area contributed by atoms with Gasteiger partial charge in [-0.25, -0.2) is 0 Å². The third-order valence-electron chi connectivity index (χ3n) is 3.74. The number of piperazine rings is 1. The molecule has 0 saturated carbocycles. The van der Waals surface area contributed by atoms with Crippen molar-refractivity contribution in [3.05, 3.63) is 35.5 Å². The van der Waals surface area contributed by atoms with Gasteiger partial charge in [0.15, 0.2) is 0 Å². The highest BCUT2D eigenvalue weighted by molar-refractivity contribution is 5.95. The van der Waals surface area contributed by atoms with Gasteiger partial charge >= 0.3 is 0 Å². The Morgan fingerprint density at radius 3 is 2.48 bits per heavy atom. The molecule has 1 amide bonds. The summed E-state index contributed by atoms with van der Waals surface area (Å²) < 4.78 is 0. The number of carbonyl (C=O) groups is 1. The number of benzene rings is 1. The van der Waals surface area contributed by atoms with Gasteiger partial charge in [-0.3, -0.25) is 4.79 Å².